The second-order valence-corrected chi connectivity index (χ2v) is 6.73. The van der Waals surface area contributed by atoms with E-state index < -0.39 is 11.6 Å². The number of aromatic nitrogens is 3. The summed E-state index contributed by atoms with van der Waals surface area (Å²) >= 11 is 1.48. The summed E-state index contributed by atoms with van der Waals surface area (Å²) in [4.78, 5) is 11.2. The third-order valence-electron chi connectivity index (χ3n) is 3.86. The third kappa shape index (κ3) is 4.56. The van der Waals surface area contributed by atoms with Crippen LogP contribution < -0.4 is 10.0 Å². The number of ether oxygens (including phenoxy) is 1. The average Bonchev–Trinajstić information content (AvgIpc) is 3.10. The number of halogens is 2. The van der Waals surface area contributed by atoms with Crippen molar-refractivity contribution in [1.82, 2.24) is 19.7 Å². The normalized spacial score (nSPS) is 10.9. The first kappa shape index (κ1) is 20.0. The molecule has 0 spiro atoms. The smallest absolute Gasteiger partial charge is 0.166 e. The second-order valence-electron chi connectivity index (χ2n) is 5.74. The van der Waals surface area contributed by atoms with Crippen molar-refractivity contribution >= 4 is 28.8 Å². The molecule has 146 valence electrons. The van der Waals surface area contributed by atoms with Crippen molar-refractivity contribution in [3.8, 4) is 17.3 Å². The van der Waals surface area contributed by atoms with Crippen LogP contribution in [-0.2, 0) is 4.74 Å². The Kier molecular flexibility index (Phi) is 6.76. The highest BCUT2D eigenvalue weighted by atomic mass is 32.2. The van der Waals surface area contributed by atoms with Gasteiger partial charge in [-0.05, 0) is 12.1 Å². The Morgan fingerprint density at radius 2 is 2.18 bits per heavy atom. The van der Waals surface area contributed by atoms with Crippen LogP contribution in [0.1, 0.15) is 5.56 Å². The maximum Gasteiger partial charge on any atom is 0.166 e. The summed E-state index contributed by atoms with van der Waals surface area (Å²) in [6.45, 7) is 1.78. The zero-order chi connectivity index (χ0) is 19.9. The zero-order valence-corrected chi connectivity index (χ0v) is 15.9. The Bertz CT molecular complexity index is 1000. The molecule has 10 heteroatoms. The van der Waals surface area contributed by atoms with E-state index in [0.29, 0.717) is 42.0 Å². The van der Waals surface area contributed by atoms with Crippen molar-refractivity contribution in [2.75, 3.05) is 37.9 Å². The fraction of sp³-hybridized carbons (Fsp3) is 0.278. The number of nitrogens with zero attached hydrogens (tertiary/aromatic N) is 3. The quantitative estimate of drug-likeness (QED) is 0.372. The van der Waals surface area contributed by atoms with E-state index in [-0.39, 0.29) is 17.1 Å². The second kappa shape index (κ2) is 9.45. The standard InChI is InChI=1S/C18H18F2N6OS/c1-27-4-2-25-28-5-3-22-18-15(20)6-11(8-21)16(26-18)14-10-24-17-13(14)7-12(19)9-23-17/h6-7,9-10,25H,2-5H2,1H3,(H,22,26)(H,23,24). The molecule has 28 heavy (non-hydrogen) atoms. The van der Waals surface area contributed by atoms with Crippen molar-refractivity contribution < 1.29 is 13.5 Å². The Hall–Kier alpha value is -2.74. The number of nitriles is 1. The average molecular weight is 404 g/mol. The molecule has 3 rings (SSSR count). The molecule has 0 aromatic carbocycles. The summed E-state index contributed by atoms with van der Waals surface area (Å²) in [5.41, 5.74) is 1.26. The lowest BCUT2D eigenvalue weighted by Crippen LogP contribution is -2.15. The van der Waals surface area contributed by atoms with Crippen LogP contribution >= 0.6 is 11.9 Å². The molecule has 0 aliphatic heterocycles. The molecule has 7 nitrogen and oxygen atoms in total. The van der Waals surface area contributed by atoms with Crippen molar-refractivity contribution in [3.05, 3.63) is 41.7 Å². The largest absolute Gasteiger partial charge is 0.383 e. The van der Waals surface area contributed by atoms with Gasteiger partial charge in [-0.1, -0.05) is 11.9 Å². The minimum atomic E-state index is -0.623. The van der Waals surface area contributed by atoms with Gasteiger partial charge < -0.3 is 15.0 Å². The molecule has 0 amide bonds. The van der Waals surface area contributed by atoms with Crippen LogP contribution in [0.15, 0.2) is 24.5 Å². The number of pyridine rings is 2. The van der Waals surface area contributed by atoms with Crippen LogP contribution in [0.25, 0.3) is 22.3 Å². The summed E-state index contributed by atoms with van der Waals surface area (Å²) in [6, 6.07) is 4.37. The maximum atomic E-state index is 14.3. The van der Waals surface area contributed by atoms with E-state index in [9.17, 15) is 14.0 Å². The van der Waals surface area contributed by atoms with Crippen LogP contribution in [0.4, 0.5) is 14.6 Å². The molecule has 3 heterocycles. The van der Waals surface area contributed by atoms with E-state index in [2.05, 4.69) is 25.0 Å². The molecule has 0 saturated carbocycles. The molecule has 0 radical (unpaired) electrons. The Morgan fingerprint density at radius 3 is 2.96 bits per heavy atom. The van der Waals surface area contributed by atoms with Crippen LogP contribution in [0, 0.1) is 23.0 Å². The number of fused-ring (bicyclic) bond motifs is 1. The first-order chi connectivity index (χ1) is 13.6. The highest BCUT2D eigenvalue weighted by Crippen LogP contribution is 2.31. The Balaban J connectivity index is 1.80. The molecule has 0 atom stereocenters. The van der Waals surface area contributed by atoms with Gasteiger partial charge in [0.1, 0.15) is 17.5 Å². The summed E-state index contributed by atoms with van der Waals surface area (Å²) in [7, 11) is 1.63. The maximum absolute atomic E-state index is 14.3. The number of rotatable bonds is 9. The number of H-pyrrole nitrogens is 1. The highest BCUT2D eigenvalue weighted by molar-refractivity contribution is 7.97. The van der Waals surface area contributed by atoms with Crippen molar-refractivity contribution in [3.63, 3.8) is 0 Å². The SMILES string of the molecule is COCCNSCCNc1nc(-c2c[nH]c3ncc(F)cc23)c(C#N)cc1F. The highest BCUT2D eigenvalue weighted by Gasteiger charge is 2.17. The van der Waals surface area contributed by atoms with E-state index in [1.165, 1.54) is 18.0 Å². The predicted molar refractivity (Wildman–Crippen MR) is 105 cm³/mol. The number of hydrogen-bond acceptors (Lipinski definition) is 7. The van der Waals surface area contributed by atoms with E-state index in [4.69, 9.17) is 4.74 Å². The Morgan fingerprint density at radius 1 is 1.32 bits per heavy atom. The minimum absolute atomic E-state index is 0.0326. The summed E-state index contributed by atoms with van der Waals surface area (Å²) in [6.07, 6.45) is 2.68. The van der Waals surface area contributed by atoms with Gasteiger partial charge in [0.05, 0.1) is 24.1 Å². The number of aromatic amines is 1. The third-order valence-corrected chi connectivity index (χ3v) is 4.67. The van der Waals surface area contributed by atoms with Gasteiger partial charge in [0, 0.05) is 43.1 Å². The van der Waals surface area contributed by atoms with Crippen LogP contribution in [0.2, 0.25) is 0 Å². The predicted octanol–water partition coefficient (Wildman–Crippen LogP) is 3.07. The van der Waals surface area contributed by atoms with Gasteiger partial charge in [-0.25, -0.2) is 18.7 Å². The first-order valence-electron chi connectivity index (χ1n) is 8.45. The summed E-state index contributed by atoms with van der Waals surface area (Å²) < 4.78 is 36.0. The van der Waals surface area contributed by atoms with E-state index in [1.807, 2.05) is 6.07 Å². The molecule has 3 aromatic rings. The molecule has 3 N–H and O–H groups in total. The molecule has 0 aliphatic carbocycles. The van der Waals surface area contributed by atoms with Gasteiger partial charge in [0.2, 0.25) is 0 Å². The number of anilines is 1. The molecule has 0 saturated heterocycles. The van der Waals surface area contributed by atoms with E-state index >= 15 is 0 Å². The van der Waals surface area contributed by atoms with Gasteiger partial charge in [0.15, 0.2) is 11.6 Å². The fourth-order valence-corrected chi connectivity index (χ4v) is 3.16. The topological polar surface area (TPSA) is 98.7 Å². The lowest BCUT2D eigenvalue weighted by atomic mass is 10.1. The van der Waals surface area contributed by atoms with Crippen LogP contribution in [0.3, 0.4) is 0 Å². The van der Waals surface area contributed by atoms with E-state index in [0.717, 1.165) is 12.3 Å². The number of hydrogen-bond donors (Lipinski definition) is 3. The van der Waals surface area contributed by atoms with Crippen LogP contribution in [-0.4, -0.2) is 47.5 Å². The zero-order valence-electron chi connectivity index (χ0n) is 15.1. The number of methoxy groups -OCH3 is 1. The van der Waals surface area contributed by atoms with Crippen LogP contribution in [0.5, 0.6) is 0 Å². The molecule has 0 fully saturated rings. The lowest BCUT2D eigenvalue weighted by Gasteiger charge is -2.10. The van der Waals surface area contributed by atoms with Gasteiger partial charge in [0.25, 0.3) is 0 Å². The molecular formula is C18H18F2N6OS. The van der Waals surface area contributed by atoms with Gasteiger partial charge >= 0.3 is 0 Å². The van der Waals surface area contributed by atoms with Gasteiger partial charge in [-0.15, -0.1) is 0 Å². The summed E-state index contributed by atoms with van der Waals surface area (Å²) in [5, 5.41) is 12.8. The molecular weight excluding hydrogens is 386 g/mol. The molecule has 0 aliphatic rings. The van der Waals surface area contributed by atoms with Gasteiger partial charge in [-0.2, -0.15) is 5.26 Å². The number of nitrogens with one attached hydrogen (secondary N) is 3. The molecule has 3 aromatic heterocycles. The first-order valence-corrected chi connectivity index (χ1v) is 9.43. The Labute approximate surface area is 164 Å². The lowest BCUT2D eigenvalue weighted by molar-refractivity contribution is 0.205. The molecule has 0 unspecified atom stereocenters. The summed E-state index contributed by atoms with van der Waals surface area (Å²) in [5.74, 6) is -0.431. The van der Waals surface area contributed by atoms with Crippen molar-refractivity contribution in [2.45, 2.75) is 0 Å². The molecule has 0 bridgehead atoms. The fourth-order valence-electron chi connectivity index (χ4n) is 2.59. The van der Waals surface area contributed by atoms with Gasteiger partial charge in [-0.3, -0.25) is 4.72 Å². The van der Waals surface area contributed by atoms with Crippen molar-refractivity contribution in [1.29, 1.82) is 5.26 Å². The van der Waals surface area contributed by atoms with E-state index in [1.54, 1.807) is 13.3 Å². The minimum Gasteiger partial charge on any atom is -0.383 e. The van der Waals surface area contributed by atoms with Crippen molar-refractivity contribution in [2.24, 2.45) is 0 Å². The monoisotopic (exact) mass is 404 g/mol.